The molecule has 12 N–H and O–H groups in total. The second-order valence-electron chi connectivity index (χ2n) is 29.4. The molecular formula is C91H74Cl10N8O22. The number of unbranched alkanes of at least 4 members (excludes halogenated alkanes) is 6. The number of fused-ring (bicyclic) bond motifs is 6. The standard InChI is InChI=1S/C23H22Cl2N2O2.C17H10Cl2N2O3.C15H12Cl2N2O6.C15H8Cl2N2O4.C15H10Cl2O6.C6H12O/c1-4-5-6-7-8-17(15-9-18-13(2)26-28-22(18)20(24)11-15)16-10-19-14(3)27-29-23(19)21(25)12-16;1-7-11-3-9(5-13(18)16(11)23-20-7)15(22)10-4-12-8(2)21-24-17(12)14(19)6-10;16-10-4-6(2-8(12(10)20)14(22)18-24)1-7-3-9(15(23)19-25)13(21)11(17)5-7;16-10-4-6(2-8-12(10)22-18-14(8)20)1-7-3-9-13(11(17)5-7)23-19-15(9)21;16-10-4-6(2-8(12(10)18)14(20)21)1-7-3-9(15(22)23)13(19)11(17)5-7;1-2-3-4-5-6-7/h8-12H,4-7H2,1-3H3;3-6H,1-2H3;2-5,20-21,24-25H,1H2,(H,18,22)(H,19,23);2-5H,1H2,(H,18,20)(H,19,21);2-5,18-19H,1H2,(H,20,21)(H,22,23);6H,2-5H2,1H3. The normalized spacial score (nSPS) is 11.0. The Morgan fingerprint density at radius 2 is 0.634 bits per heavy atom. The van der Waals surface area contributed by atoms with E-state index in [2.05, 4.69) is 63.0 Å². The lowest BCUT2D eigenvalue weighted by Gasteiger charge is -2.11. The van der Waals surface area contributed by atoms with E-state index >= 15 is 0 Å². The molecule has 0 saturated heterocycles. The molecule has 0 aliphatic rings. The molecule has 30 nitrogen and oxygen atoms in total. The van der Waals surface area contributed by atoms with Crippen LogP contribution >= 0.6 is 116 Å². The number of carbonyl (C=O) groups is 6. The molecule has 0 bridgehead atoms. The van der Waals surface area contributed by atoms with Gasteiger partial charge in [0.2, 0.25) is 0 Å². The number of amides is 2. The van der Waals surface area contributed by atoms with E-state index in [1.165, 1.54) is 85.2 Å². The number of aromatic carboxylic acids is 2. The number of aromatic hydroxyl groups is 4. The average molecular weight is 1990 g/mol. The number of aromatic amines is 2. The summed E-state index contributed by atoms with van der Waals surface area (Å²) in [6.45, 7) is 11.7. The van der Waals surface area contributed by atoms with Gasteiger partial charge in [-0.25, -0.2) is 20.5 Å². The van der Waals surface area contributed by atoms with Crippen molar-refractivity contribution in [1.29, 1.82) is 0 Å². The van der Waals surface area contributed by atoms with E-state index in [9.17, 15) is 58.8 Å². The molecule has 0 spiro atoms. The van der Waals surface area contributed by atoms with Gasteiger partial charge in [-0.15, -0.1) is 0 Å². The number of nitrogens with one attached hydrogen (secondary N) is 4. The van der Waals surface area contributed by atoms with Crippen molar-refractivity contribution in [3.05, 3.63) is 299 Å². The Morgan fingerprint density at radius 1 is 0.359 bits per heavy atom. The third kappa shape index (κ3) is 23.3. The van der Waals surface area contributed by atoms with Crippen LogP contribution in [0.4, 0.5) is 0 Å². The first-order chi connectivity index (χ1) is 62.4. The molecule has 40 heteroatoms. The maximum Gasteiger partial charge on any atom is 0.339 e. The average Bonchev–Trinajstić information content (AvgIpc) is 1.70. The first-order valence-electron chi connectivity index (χ1n) is 39.3. The summed E-state index contributed by atoms with van der Waals surface area (Å²) in [4.78, 5) is 91.2. The third-order valence-corrected chi connectivity index (χ3v) is 23.0. The number of carbonyl (C=O) groups excluding carboxylic acids is 4. The minimum atomic E-state index is -1.35. The van der Waals surface area contributed by atoms with Gasteiger partial charge in [-0.2, -0.15) is 10.3 Å². The van der Waals surface area contributed by atoms with Crippen LogP contribution in [0.1, 0.15) is 190 Å². The number of rotatable bonds is 22. The Balaban J connectivity index is 0.000000155. The summed E-state index contributed by atoms with van der Waals surface area (Å²) in [5.41, 5.74) is 14.0. The van der Waals surface area contributed by atoms with Crippen LogP contribution in [0.2, 0.25) is 50.2 Å². The van der Waals surface area contributed by atoms with Crippen molar-refractivity contribution in [2.24, 2.45) is 0 Å². The van der Waals surface area contributed by atoms with Crippen LogP contribution in [-0.4, -0.2) is 108 Å². The van der Waals surface area contributed by atoms with Crippen LogP contribution in [0, 0.1) is 27.7 Å². The fourth-order valence-corrected chi connectivity index (χ4v) is 16.2. The van der Waals surface area contributed by atoms with Crippen LogP contribution in [0.15, 0.2) is 164 Å². The highest BCUT2D eigenvalue weighted by Crippen LogP contribution is 2.41. The number of hydroxylamine groups is 2. The summed E-state index contributed by atoms with van der Waals surface area (Å²) in [6, 6.07) is 31.9. The SMILES string of the molecule is CCCCCC=C(c1cc(Cl)c2onc(C)c2c1)c1cc(Cl)c2onc(C)c2c1.CCCCCC=O.Cc1noc2c(Cl)cc(C(=O)c3cc(Cl)c4onc(C)c4c3)cc12.O=C(NO)c1cc(Cc2cc(Cl)c(O)c(C(=O)NO)c2)cc(Cl)c1O.O=C(O)c1cc(Cc2cc(Cl)c(O)c(C(=O)O)c2)cc(Cl)c1O.O=c1[nH]oc2c(Cl)cc(Cc3cc(Cl)c4o[nH]c(=O)c4c3)cc12. The molecule has 0 aliphatic heterocycles. The Bertz CT molecular complexity index is 6860. The lowest BCUT2D eigenvalue weighted by molar-refractivity contribution is -0.108. The van der Waals surface area contributed by atoms with E-state index in [-0.39, 0.29) is 72.1 Å². The number of hydrogen-bond acceptors (Lipinski definition) is 24. The second kappa shape index (κ2) is 44.0. The molecule has 0 fully saturated rings. The zero-order valence-electron chi connectivity index (χ0n) is 69.3. The number of benzene rings is 10. The number of hydrogen-bond donors (Lipinski definition) is 12. The molecule has 0 radical (unpaired) electrons. The number of aromatic nitrogens is 6. The second-order valence-corrected chi connectivity index (χ2v) is 33.5. The van der Waals surface area contributed by atoms with E-state index in [1.54, 1.807) is 62.4 Å². The molecule has 10 aromatic carbocycles. The molecule has 16 aromatic rings. The van der Waals surface area contributed by atoms with Crippen molar-refractivity contribution in [2.45, 2.75) is 112 Å². The number of nitrogens with zero attached hydrogens (tertiary/aromatic N) is 4. The smallest absolute Gasteiger partial charge is 0.339 e. The van der Waals surface area contributed by atoms with Gasteiger partial charge in [0.25, 0.3) is 22.9 Å². The van der Waals surface area contributed by atoms with Crippen molar-refractivity contribution in [1.82, 2.24) is 41.9 Å². The predicted octanol–water partition coefficient (Wildman–Crippen LogP) is 23.9. The van der Waals surface area contributed by atoms with Gasteiger partial charge >= 0.3 is 11.9 Å². The van der Waals surface area contributed by atoms with E-state index in [0.717, 1.165) is 82.0 Å². The lowest BCUT2D eigenvalue weighted by atomic mass is 9.94. The van der Waals surface area contributed by atoms with E-state index in [4.69, 9.17) is 164 Å². The van der Waals surface area contributed by atoms with Gasteiger partial charge < -0.3 is 62.6 Å². The largest absolute Gasteiger partial charge is 0.506 e. The van der Waals surface area contributed by atoms with Crippen molar-refractivity contribution in [3.63, 3.8) is 0 Å². The molecular weight excluding hydrogens is 1910 g/mol. The van der Waals surface area contributed by atoms with Gasteiger partial charge in [0.1, 0.15) is 40.4 Å². The Hall–Kier alpha value is -12.4. The van der Waals surface area contributed by atoms with E-state index < -0.39 is 46.8 Å². The minimum absolute atomic E-state index is 0.112. The lowest BCUT2D eigenvalue weighted by Crippen LogP contribution is -2.19. The fraction of sp³-hybridized carbons (Fsp3) is 0.187. The molecule has 6 heterocycles. The highest BCUT2D eigenvalue weighted by Gasteiger charge is 2.25. The van der Waals surface area contributed by atoms with Crippen LogP contribution in [0.5, 0.6) is 23.0 Å². The number of allylic oxidation sites excluding steroid dienone is 1. The van der Waals surface area contributed by atoms with Crippen molar-refractivity contribution in [3.8, 4) is 23.0 Å². The number of aryl methyl sites for hydroxylation is 4. The number of ketones is 1. The first kappa shape index (κ1) is 99.2. The summed E-state index contributed by atoms with van der Waals surface area (Å²) < 4.78 is 31.1. The molecule has 6 aromatic heterocycles. The molecule has 131 heavy (non-hydrogen) atoms. The van der Waals surface area contributed by atoms with Crippen molar-refractivity contribution in [2.75, 3.05) is 0 Å². The Morgan fingerprint density at radius 3 is 0.939 bits per heavy atom. The van der Waals surface area contributed by atoms with Crippen LogP contribution in [0.25, 0.3) is 71.4 Å². The predicted molar refractivity (Wildman–Crippen MR) is 497 cm³/mol. The fourth-order valence-electron chi connectivity index (χ4n) is 13.6. The summed E-state index contributed by atoms with van der Waals surface area (Å²) >= 11 is 61.0. The maximum absolute atomic E-state index is 12.9. The summed E-state index contributed by atoms with van der Waals surface area (Å²) in [7, 11) is 0. The summed E-state index contributed by atoms with van der Waals surface area (Å²) in [6.07, 6.45) is 12.6. The number of aldehydes is 1. The number of halogens is 10. The van der Waals surface area contributed by atoms with Gasteiger partial charge in [-0.3, -0.25) is 34.4 Å². The molecule has 680 valence electrons. The van der Waals surface area contributed by atoms with Gasteiger partial charge in [0.05, 0.1) is 94.9 Å². The summed E-state index contributed by atoms with van der Waals surface area (Å²) in [5, 5.41) is 101. The monoisotopic (exact) mass is 1980 g/mol. The quantitative estimate of drug-likeness (QED) is 0.00985. The third-order valence-electron chi connectivity index (χ3n) is 20.1. The molecule has 0 saturated carbocycles. The van der Waals surface area contributed by atoms with Crippen LogP contribution in [0.3, 0.4) is 0 Å². The number of phenolic OH excluding ortho intramolecular Hbond substituents is 2. The van der Waals surface area contributed by atoms with E-state index in [1.807, 2.05) is 26.0 Å². The summed E-state index contributed by atoms with van der Waals surface area (Å²) in [5.74, 6) is -6.89. The van der Waals surface area contributed by atoms with Crippen molar-refractivity contribution < 1.29 is 97.0 Å². The molecule has 16 rings (SSSR count). The molecule has 0 aliphatic carbocycles. The molecule has 0 atom stereocenters. The first-order valence-corrected chi connectivity index (χ1v) is 43.1. The zero-order chi connectivity index (χ0) is 95.3. The van der Waals surface area contributed by atoms with E-state index in [0.29, 0.717) is 136 Å². The molecule has 0 unspecified atom stereocenters. The van der Waals surface area contributed by atoms with Gasteiger partial charge in [-0.05, 0) is 238 Å². The molecule has 2 amide bonds. The number of carboxylic acids is 2. The zero-order valence-corrected chi connectivity index (χ0v) is 76.9. The number of H-pyrrole nitrogens is 2. The number of phenols is 4. The highest BCUT2D eigenvalue weighted by atomic mass is 35.5. The van der Waals surface area contributed by atoms with Crippen LogP contribution in [-0.2, 0) is 24.1 Å². The van der Waals surface area contributed by atoms with Gasteiger partial charge in [-0.1, -0.05) is 182 Å². The van der Waals surface area contributed by atoms with Gasteiger partial charge in [0, 0.05) is 39.1 Å². The Kier molecular flexibility index (Phi) is 33.3. The van der Waals surface area contributed by atoms with Crippen molar-refractivity contribution >= 4 is 223 Å². The Labute approximate surface area is 790 Å². The topological polar surface area (TPSA) is 484 Å². The highest BCUT2D eigenvalue weighted by molar-refractivity contribution is 6.39. The number of carboxylic acid groups (broad SMARTS) is 2. The van der Waals surface area contributed by atoms with Gasteiger partial charge in [0.15, 0.2) is 39.3 Å². The maximum atomic E-state index is 12.9. The minimum Gasteiger partial charge on any atom is -0.506 e. The van der Waals surface area contributed by atoms with Crippen LogP contribution < -0.4 is 22.1 Å².